The monoisotopic (exact) mass is 269 g/mol. The van der Waals surface area contributed by atoms with Crippen molar-refractivity contribution in [3.63, 3.8) is 0 Å². The molecule has 1 aromatic carbocycles. The first kappa shape index (κ1) is 9.14. The average Bonchev–Trinajstić information content (AvgIpc) is 2.68. The molecule has 1 atom stereocenters. The van der Waals surface area contributed by atoms with Gasteiger partial charge in [-0.3, -0.25) is 0 Å². The van der Waals surface area contributed by atoms with Crippen LogP contribution in [0.15, 0.2) is 42.6 Å². The number of piperazine rings is 1. The van der Waals surface area contributed by atoms with Gasteiger partial charge in [0.15, 0.2) is 0 Å². The van der Waals surface area contributed by atoms with Crippen molar-refractivity contribution in [3.8, 4) is 0 Å². The van der Waals surface area contributed by atoms with E-state index in [4.69, 9.17) is 4.11 Å². The molecule has 102 valence electrons. The molecule has 3 heteroatoms. The fraction of sp³-hybridized carbons (Fsp3) is 0.353. The van der Waals surface area contributed by atoms with E-state index in [1.165, 1.54) is 16.7 Å². The van der Waals surface area contributed by atoms with Crippen LogP contribution in [0.2, 0.25) is 0 Å². The topological polar surface area (TPSA) is 19.4 Å². The molecule has 4 rings (SSSR count). The van der Waals surface area contributed by atoms with Gasteiger partial charge >= 0.3 is 0 Å². The quantitative estimate of drug-likeness (QED) is 0.685. The van der Waals surface area contributed by atoms with Crippen LogP contribution in [0.25, 0.3) is 0 Å². The van der Waals surface area contributed by atoms with Gasteiger partial charge in [-0.05, 0) is 29.7 Å². The second-order valence-corrected chi connectivity index (χ2v) is 5.52. The highest BCUT2D eigenvalue weighted by molar-refractivity contribution is 5.56. The zero-order chi connectivity index (χ0) is 16.0. The lowest BCUT2D eigenvalue weighted by Gasteiger charge is -2.41. The van der Waals surface area contributed by atoms with E-state index in [1.54, 1.807) is 4.90 Å². The molecule has 3 nitrogen and oxygen atoms in total. The number of fused-ring (bicyclic) bond motifs is 5. The summed E-state index contributed by atoms with van der Waals surface area (Å²) in [6.45, 7) is -0.323. The molecule has 2 aliphatic rings. The summed E-state index contributed by atoms with van der Waals surface area (Å²) >= 11 is 0. The van der Waals surface area contributed by atoms with E-state index in [2.05, 4.69) is 34.1 Å². The smallest absolute Gasteiger partial charge is 0.132 e. The van der Waals surface area contributed by atoms with Gasteiger partial charge in [0.25, 0.3) is 0 Å². The third kappa shape index (κ3) is 1.81. The number of hydrogen-bond donors (Lipinski definition) is 0. The van der Waals surface area contributed by atoms with Crippen molar-refractivity contribution < 1.29 is 4.11 Å². The van der Waals surface area contributed by atoms with E-state index in [9.17, 15) is 0 Å². The third-order valence-electron chi connectivity index (χ3n) is 4.31. The predicted molar refractivity (Wildman–Crippen MR) is 81.1 cm³/mol. The Morgan fingerprint density at radius 3 is 3.00 bits per heavy atom. The van der Waals surface area contributed by atoms with E-state index in [0.29, 0.717) is 19.6 Å². The van der Waals surface area contributed by atoms with Crippen molar-refractivity contribution in [2.24, 2.45) is 0 Å². The Balaban J connectivity index is 1.82. The highest BCUT2D eigenvalue weighted by atomic mass is 15.3. The summed E-state index contributed by atoms with van der Waals surface area (Å²) in [4.78, 5) is 8.49. The summed E-state index contributed by atoms with van der Waals surface area (Å²) in [5, 5.41) is 0. The Morgan fingerprint density at radius 1 is 1.15 bits per heavy atom. The molecule has 0 radical (unpaired) electrons. The van der Waals surface area contributed by atoms with E-state index in [0.717, 1.165) is 12.2 Å². The minimum absolute atomic E-state index is 0.0384. The van der Waals surface area contributed by atoms with Gasteiger partial charge in [0, 0.05) is 36.4 Å². The molecule has 1 saturated heterocycles. The Morgan fingerprint density at radius 2 is 2.05 bits per heavy atom. The molecule has 3 heterocycles. The van der Waals surface area contributed by atoms with Crippen LogP contribution in [0.4, 0.5) is 5.82 Å². The number of pyridine rings is 1. The maximum absolute atomic E-state index is 7.74. The van der Waals surface area contributed by atoms with Gasteiger partial charge < -0.3 is 9.80 Å². The van der Waals surface area contributed by atoms with Crippen LogP contribution in [0.3, 0.4) is 0 Å². The number of aromatic nitrogens is 1. The van der Waals surface area contributed by atoms with Gasteiger partial charge in [-0.15, -0.1) is 0 Å². The van der Waals surface area contributed by atoms with Gasteiger partial charge in [-0.25, -0.2) is 4.98 Å². The van der Waals surface area contributed by atoms with E-state index < -0.39 is 6.98 Å². The van der Waals surface area contributed by atoms with Crippen molar-refractivity contribution in [1.29, 1.82) is 0 Å². The van der Waals surface area contributed by atoms with Gasteiger partial charge in [-0.2, -0.15) is 0 Å². The molecule has 0 amide bonds. The highest BCUT2D eigenvalue weighted by Gasteiger charge is 2.32. The van der Waals surface area contributed by atoms with E-state index in [-0.39, 0.29) is 6.04 Å². The summed E-state index contributed by atoms with van der Waals surface area (Å²) in [5.74, 6) is 0.999. The van der Waals surface area contributed by atoms with Crippen LogP contribution in [0.1, 0.15) is 26.8 Å². The van der Waals surface area contributed by atoms with E-state index in [1.807, 2.05) is 18.3 Å². The van der Waals surface area contributed by atoms with Crippen LogP contribution in [-0.2, 0) is 6.42 Å². The molecule has 0 aliphatic carbocycles. The van der Waals surface area contributed by atoms with Crippen LogP contribution in [-0.4, -0.2) is 36.5 Å². The first-order valence-corrected chi connectivity index (χ1v) is 7.07. The molecule has 0 saturated carbocycles. The number of hydrogen-bond acceptors (Lipinski definition) is 3. The zero-order valence-corrected chi connectivity index (χ0v) is 11.3. The molecule has 2 aromatic rings. The van der Waals surface area contributed by atoms with Gasteiger partial charge in [0.2, 0.25) is 0 Å². The van der Waals surface area contributed by atoms with Crippen molar-refractivity contribution in [2.45, 2.75) is 12.5 Å². The third-order valence-corrected chi connectivity index (χ3v) is 4.31. The average molecular weight is 269 g/mol. The van der Waals surface area contributed by atoms with Crippen LogP contribution in [0.5, 0.6) is 0 Å². The number of likely N-dealkylation sites (N-methyl/N-ethyl adjacent to an activating group) is 1. The standard InChI is InChI=1S/C17H19N3/c1-19-9-10-20-16(12-19)15-7-3-2-5-13(15)11-14-6-4-8-18-17(14)20/h2-8,16H,9-12H2,1H3/i1+1D3. The Kier molecular flexibility index (Phi) is 2.10. The van der Waals surface area contributed by atoms with Crippen molar-refractivity contribution >= 4 is 5.82 Å². The van der Waals surface area contributed by atoms with Gasteiger partial charge in [0.1, 0.15) is 5.82 Å². The second kappa shape index (κ2) is 4.60. The van der Waals surface area contributed by atoms with Crippen molar-refractivity contribution in [3.05, 3.63) is 59.3 Å². The van der Waals surface area contributed by atoms with E-state index >= 15 is 0 Å². The summed E-state index contributed by atoms with van der Waals surface area (Å²) in [6.07, 6.45) is 2.67. The molecule has 2 aliphatic heterocycles. The Labute approximate surface area is 124 Å². The van der Waals surface area contributed by atoms with Crippen LogP contribution >= 0.6 is 0 Å². The molecule has 1 fully saturated rings. The zero-order valence-electron chi connectivity index (χ0n) is 14.3. The van der Waals surface area contributed by atoms with Gasteiger partial charge in [0.05, 0.1) is 6.04 Å². The van der Waals surface area contributed by atoms with Crippen molar-refractivity contribution in [1.82, 2.24) is 9.88 Å². The fourth-order valence-electron chi connectivity index (χ4n) is 3.35. The molecular weight excluding hydrogens is 247 g/mol. The predicted octanol–water partition coefficient (Wildman–Crippen LogP) is 2.48. The molecule has 0 N–H and O–H groups in total. The molecule has 1 aromatic heterocycles. The number of benzene rings is 1. The molecule has 0 spiro atoms. The Hall–Kier alpha value is -1.87. The maximum Gasteiger partial charge on any atom is 0.132 e. The van der Waals surface area contributed by atoms with Crippen LogP contribution < -0.4 is 4.90 Å². The summed E-state index contributed by atoms with van der Waals surface area (Å²) < 4.78 is 23.2. The summed E-state index contributed by atoms with van der Waals surface area (Å²) in [5.41, 5.74) is 3.70. The second-order valence-electron chi connectivity index (χ2n) is 5.52. The molecular formula is C17H19N3. The minimum Gasteiger partial charge on any atom is -0.347 e. The highest BCUT2D eigenvalue weighted by Crippen LogP contribution is 2.37. The lowest BCUT2D eigenvalue weighted by molar-refractivity contribution is 0.268. The largest absolute Gasteiger partial charge is 0.347 e. The van der Waals surface area contributed by atoms with Crippen molar-refractivity contribution in [2.75, 3.05) is 31.5 Å². The SMILES string of the molecule is [2H][13C]([2H])([2H])N1CCN2c3ncccc3Cc3ccccc3C2C1. The van der Waals surface area contributed by atoms with Gasteiger partial charge in [-0.1, -0.05) is 30.3 Å². The summed E-state index contributed by atoms with van der Waals surface area (Å²) in [7, 11) is 0. The minimum atomic E-state index is -2.04. The first-order valence-electron chi connectivity index (χ1n) is 8.57. The number of rotatable bonds is 0. The fourth-order valence-corrected chi connectivity index (χ4v) is 3.35. The lowest BCUT2D eigenvalue weighted by Crippen LogP contribution is -2.47. The lowest BCUT2D eigenvalue weighted by atomic mass is 9.96. The maximum atomic E-state index is 7.74. The molecule has 1 unspecified atom stereocenters. The summed E-state index contributed by atoms with van der Waals surface area (Å²) in [6, 6.07) is 12.5. The molecule has 0 bridgehead atoms. The number of nitrogens with zero attached hydrogens (tertiary/aromatic N) is 3. The normalized spacial score (nSPS) is 24.5. The molecule has 20 heavy (non-hydrogen) atoms. The van der Waals surface area contributed by atoms with Crippen LogP contribution in [0, 0.1) is 0 Å². The number of anilines is 1. The Bertz CT molecular complexity index is 729. The first-order chi connectivity index (χ1) is 11.0.